The van der Waals surface area contributed by atoms with Gasteiger partial charge in [0.15, 0.2) is 6.20 Å². The third-order valence-corrected chi connectivity index (χ3v) is 1.63. The molecule has 0 aromatic carbocycles. The van der Waals surface area contributed by atoms with E-state index in [9.17, 15) is 0 Å². The second kappa shape index (κ2) is 6.60. The number of hydrogen-bond donors (Lipinski definition) is 1. The van der Waals surface area contributed by atoms with Gasteiger partial charge in [-0.2, -0.15) is 4.57 Å². The topological polar surface area (TPSA) is 36.5 Å². The molecule has 0 spiro atoms. The first kappa shape index (κ1) is 12.1. The number of rotatable bonds is 3. The Hall–Kier alpha value is -0.900. The molecule has 0 aliphatic heterocycles. The number of halogens is 1. The summed E-state index contributed by atoms with van der Waals surface area (Å²) in [4.78, 5) is 0. The summed E-state index contributed by atoms with van der Waals surface area (Å²) in [5.41, 5.74) is 0.918. The number of oxime groups is 1. The van der Waals surface area contributed by atoms with Gasteiger partial charge in [-0.25, -0.2) is 0 Å². The van der Waals surface area contributed by atoms with Crippen LogP contribution in [0, 0.1) is 0 Å². The van der Waals surface area contributed by atoms with Gasteiger partial charge in [0.2, 0.25) is 5.69 Å². The van der Waals surface area contributed by atoms with Crippen molar-refractivity contribution < 1.29 is 26.8 Å². The molecule has 0 aliphatic carbocycles. The maximum Gasteiger partial charge on any atom is 0.227 e. The third-order valence-electron chi connectivity index (χ3n) is 1.63. The first-order valence-corrected chi connectivity index (χ1v) is 4.04. The van der Waals surface area contributed by atoms with E-state index in [1.165, 1.54) is 6.21 Å². The molecule has 1 heterocycles. The van der Waals surface area contributed by atoms with E-state index in [2.05, 4.69) is 12.1 Å². The van der Waals surface area contributed by atoms with E-state index >= 15 is 0 Å². The molecule has 0 radical (unpaired) electrons. The number of aryl methyl sites for hydroxylation is 1. The number of hydrogen-bond acceptors (Lipinski definition) is 2. The molecule has 1 aromatic rings. The van der Waals surface area contributed by atoms with E-state index < -0.39 is 0 Å². The fourth-order valence-electron chi connectivity index (χ4n) is 1.11. The molecule has 13 heavy (non-hydrogen) atoms. The molecule has 0 amide bonds. The first-order chi connectivity index (χ1) is 5.88. The fraction of sp³-hybridized carbons (Fsp3) is 0.333. The number of aromatic nitrogens is 1. The standard InChI is InChI=1S/C9H12N2O.BrH/c1-2-6-11-7-4-3-5-9(11)8-10-12;/h3-5,7-8H,2,6H2,1H3;1H. The second-order valence-corrected chi connectivity index (χ2v) is 2.56. The van der Waals surface area contributed by atoms with E-state index in [0.717, 1.165) is 18.7 Å². The van der Waals surface area contributed by atoms with Crippen molar-refractivity contribution in [1.29, 1.82) is 0 Å². The molecule has 0 fully saturated rings. The van der Waals surface area contributed by atoms with Crippen molar-refractivity contribution in [2.75, 3.05) is 0 Å². The summed E-state index contributed by atoms with van der Waals surface area (Å²) in [6.45, 7) is 3.06. The summed E-state index contributed by atoms with van der Waals surface area (Å²) in [5.74, 6) is 0. The van der Waals surface area contributed by atoms with Gasteiger partial charge < -0.3 is 22.2 Å². The lowest BCUT2D eigenvalue weighted by Crippen LogP contribution is -3.00. The van der Waals surface area contributed by atoms with Crippen LogP contribution in [0.5, 0.6) is 0 Å². The SMILES string of the molecule is CCC[n+]1ccccc1/C=N/O.[Br-]. The smallest absolute Gasteiger partial charge is 0.227 e. The highest BCUT2D eigenvalue weighted by molar-refractivity contribution is 5.74. The van der Waals surface area contributed by atoms with Crippen molar-refractivity contribution in [3.63, 3.8) is 0 Å². The highest BCUT2D eigenvalue weighted by Crippen LogP contribution is 1.88. The predicted molar refractivity (Wildman–Crippen MR) is 46.3 cm³/mol. The second-order valence-electron chi connectivity index (χ2n) is 2.56. The van der Waals surface area contributed by atoms with Crippen molar-refractivity contribution in [3.05, 3.63) is 30.1 Å². The van der Waals surface area contributed by atoms with Crippen LogP contribution in [0.25, 0.3) is 0 Å². The molecule has 72 valence electrons. The molecule has 1 rings (SSSR count). The van der Waals surface area contributed by atoms with E-state index in [0.29, 0.717) is 0 Å². The molecular weight excluding hydrogens is 232 g/mol. The summed E-state index contributed by atoms with van der Waals surface area (Å²) in [6.07, 6.45) is 4.48. The fourth-order valence-corrected chi connectivity index (χ4v) is 1.11. The molecule has 0 saturated carbocycles. The van der Waals surface area contributed by atoms with Gasteiger partial charge in [-0.05, 0) is 6.07 Å². The minimum atomic E-state index is 0. The lowest BCUT2D eigenvalue weighted by Gasteiger charge is -1.95. The summed E-state index contributed by atoms with van der Waals surface area (Å²) < 4.78 is 2.04. The van der Waals surface area contributed by atoms with Gasteiger partial charge in [0.1, 0.15) is 12.8 Å². The minimum Gasteiger partial charge on any atom is -1.00 e. The quantitative estimate of drug-likeness (QED) is 0.290. The van der Waals surface area contributed by atoms with Crippen LogP contribution >= 0.6 is 0 Å². The Morgan fingerprint density at radius 3 is 2.92 bits per heavy atom. The van der Waals surface area contributed by atoms with Crippen molar-refractivity contribution in [1.82, 2.24) is 0 Å². The highest BCUT2D eigenvalue weighted by atomic mass is 79.9. The highest BCUT2D eigenvalue weighted by Gasteiger charge is 2.04. The zero-order chi connectivity index (χ0) is 8.81. The third kappa shape index (κ3) is 3.55. The van der Waals surface area contributed by atoms with Crippen LogP contribution in [-0.4, -0.2) is 11.4 Å². The minimum absolute atomic E-state index is 0. The van der Waals surface area contributed by atoms with Crippen molar-refractivity contribution >= 4 is 6.21 Å². The van der Waals surface area contributed by atoms with Gasteiger partial charge in [0, 0.05) is 18.6 Å². The molecule has 0 unspecified atom stereocenters. The summed E-state index contributed by atoms with van der Waals surface area (Å²) in [5, 5.41) is 11.4. The average molecular weight is 245 g/mol. The van der Waals surface area contributed by atoms with Crippen molar-refractivity contribution in [2.45, 2.75) is 19.9 Å². The van der Waals surface area contributed by atoms with Crippen LogP contribution in [0.4, 0.5) is 0 Å². The molecule has 1 N–H and O–H groups in total. The Morgan fingerprint density at radius 1 is 1.54 bits per heavy atom. The Bertz CT molecular complexity index is 276. The van der Waals surface area contributed by atoms with E-state index in [1.807, 2.05) is 29.0 Å². The van der Waals surface area contributed by atoms with Crippen LogP contribution in [-0.2, 0) is 6.54 Å². The lowest BCUT2D eigenvalue weighted by molar-refractivity contribution is -0.697. The Labute approximate surface area is 88.5 Å². The number of pyridine rings is 1. The Morgan fingerprint density at radius 2 is 2.31 bits per heavy atom. The molecule has 0 aliphatic rings. The van der Waals surface area contributed by atoms with Gasteiger partial charge >= 0.3 is 0 Å². The van der Waals surface area contributed by atoms with Gasteiger partial charge in [0.05, 0.1) is 0 Å². The van der Waals surface area contributed by atoms with Gasteiger partial charge in [0.25, 0.3) is 0 Å². The maximum absolute atomic E-state index is 8.37. The molecule has 3 nitrogen and oxygen atoms in total. The van der Waals surface area contributed by atoms with Crippen LogP contribution in [0.15, 0.2) is 29.6 Å². The van der Waals surface area contributed by atoms with Crippen molar-refractivity contribution in [2.24, 2.45) is 5.16 Å². The molecule has 0 atom stereocenters. The molecule has 1 aromatic heterocycles. The predicted octanol–water partition coefficient (Wildman–Crippen LogP) is -1.80. The van der Waals surface area contributed by atoms with Crippen LogP contribution in [0.3, 0.4) is 0 Å². The zero-order valence-corrected chi connectivity index (χ0v) is 9.11. The van der Waals surface area contributed by atoms with Gasteiger partial charge in [-0.3, -0.25) is 0 Å². The van der Waals surface area contributed by atoms with Gasteiger partial charge in [-0.15, -0.1) is 0 Å². The normalized spacial score (nSPS) is 9.92. The summed E-state index contributed by atoms with van der Waals surface area (Å²) >= 11 is 0. The van der Waals surface area contributed by atoms with E-state index in [1.54, 1.807) is 0 Å². The van der Waals surface area contributed by atoms with Crippen LogP contribution < -0.4 is 21.5 Å². The van der Waals surface area contributed by atoms with E-state index in [-0.39, 0.29) is 17.0 Å². The molecule has 0 saturated heterocycles. The van der Waals surface area contributed by atoms with Gasteiger partial charge in [-0.1, -0.05) is 12.1 Å². The maximum atomic E-state index is 8.37. The molecule has 4 heteroatoms. The average Bonchev–Trinajstić information content (AvgIpc) is 2.09. The van der Waals surface area contributed by atoms with Crippen LogP contribution in [0.2, 0.25) is 0 Å². The lowest BCUT2D eigenvalue weighted by atomic mass is 10.3. The number of nitrogens with zero attached hydrogens (tertiary/aromatic N) is 2. The molecule has 0 bridgehead atoms. The Kier molecular flexibility index (Phi) is 6.14. The van der Waals surface area contributed by atoms with E-state index in [4.69, 9.17) is 5.21 Å². The largest absolute Gasteiger partial charge is 1.00 e. The Balaban J connectivity index is 0.00000144. The van der Waals surface area contributed by atoms with Crippen molar-refractivity contribution in [3.8, 4) is 0 Å². The monoisotopic (exact) mass is 244 g/mol. The van der Waals surface area contributed by atoms with Crippen LogP contribution in [0.1, 0.15) is 19.0 Å². The molecular formula is C9H13BrN2O. The summed E-state index contributed by atoms with van der Waals surface area (Å²) in [7, 11) is 0. The summed E-state index contributed by atoms with van der Waals surface area (Å²) in [6, 6.07) is 5.79. The zero-order valence-electron chi connectivity index (χ0n) is 7.52. The first-order valence-electron chi connectivity index (χ1n) is 4.04.